The molecule has 0 spiro atoms. The third kappa shape index (κ3) is 8.47. The van der Waals surface area contributed by atoms with Gasteiger partial charge in [-0.05, 0) is 62.9 Å². The Bertz CT molecular complexity index is 470. The monoisotopic (exact) mass is 376 g/mol. The smallest absolute Gasteiger partial charge is 0.253 e. The highest BCUT2D eigenvalue weighted by Gasteiger charge is 2.26. The van der Waals surface area contributed by atoms with Crippen molar-refractivity contribution < 1.29 is 4.79 Å². The number of piperidine rings is 1. The summed E-state index contributed by atoms with van der Waals surface area (Å²) in [5.41, 5.74) is 2.12. The van der Waals surface area contributed by atoms with Gasteiger partial charge in [-0.1, -0.05) is 60.6 Å². The third-order valence-corrected chi connectivity index (χ3v) is 4.90. The normalized spacial score (nSPS) is 14.1. The zero-order valence-corrected chi connectivity index (χ0v) is 19.1. The zero-order valence-electron chi connectivity index (χ0n) is 19.1. The third-order valence-electron chi connectivity index (χ3n) is 4.90. The van der Waals surface area contributed by atoms with Gasteiger partial charge in [0.2, 0.25) is 0 Å². The van der Waals surface area contributed by atoms with Gasteiger partial charge in [-0.15, -0.1) is 0 Å². The van der Waals surface area contributed by atoms with E-state index in [-0.39, 0.29) is 5.91 Å². The van der Waals surface area contributed by atoms with Gasteiger partial charge < -0.3 is 9.80 Å². The van der Waals surface area contributed by atoms with Crippen molar-refractivity contribution in [2.24, 2.45) is 0 Å². The second-order valence-electron chi connectivity index (χ2n) is 6.61. The van der Waals surface area contributed by atoms with E-state index in [0.717, 1.165) is 37.9 Å². The number of hydrogen-bond acceptors (Lipinski definition) is 2. The Morgan fingerprint density at radius 2 is 1.41 bits per heavy atom. The standard InChI is InChI=1S/C20H32N2O.2C2H6/c1-4-13-21(14-5-2)19-11-15-22(16-12-19)20(23)18-9-7-17(6-3)8-10-18;2*1-2/h7-10,19H,4-6,11-16H2,1-3H3;2*1-2H3. The van der Waals surface area contributed by atoms with Crippen LogP contribution in [-0.4, -0.2) is 47.9 Å². The van der Waals surface area contributed by atoms with Crippen LogP contribution in [0.2, 0.25) is 0 Å². The fraction of sp³-hybridized carbons (Fsp3) is 0.708. The molecule has 1 aliphatic rings. The van der Waals surface area contributed by atoms with E-state index in [1.54, 1.807) is 0 Å². The number of carbonyl (C=O) groups is 1. The second kappa shape index (κ2) is 15.7. The van der Waals surface area contributed by atoms with Crippen molar-refractivity contribution >= 4 is 5.91 Å². The second-order valence-corrected chi connectivity index (χ2v) is 6.61. The first-order valence-corrected chi connectivity index (χ1v) is 11.3. The van der Waals surface area contributed by atoms with E-state index in [0.29, 0.717) is 6.04 Å². The average molecular weight is 377 g/mol. The summed E-state index contributed by atoms with van der Waals surface area (Å²) in [4.78, 5) is 17.3. The predicted octanol–water partition coefficient (Wildman–Crippen LogP) is 6.03. The van der Waals surface area contributed by atoms with Crippen LogP contribution in [0, 0.1) is 0 Å². The van der Waals surface area contributed by atoms with Crippen molar-refractivity contribution in [1.82, 2.24) is 9.80 Å². The summed E-state index contributed by atoms with van der Waals surface area (Å²) >= 11 is 0. The minimum Gasteiger partial charge on any atom is -0.339 e. The van der Waals surface area contributed by atoms with Gasteiger partial charge in [0.1, 0.15) is 0 Å². The Labute approximate surface area is 169 Å². The molecule has 1 aromatic rings. The molecule has 1 fully saturated rings. The van der Waals surface area contributed by atoms with Crippen molar-refractivity contribution in [3.63, 3.8) is 0 Å². The average Bonchev–Trinajstić information content (AvgIpc) is 2.76. The maximum atomic E-state index is 12.6. The molecule has 2 rings (SSSR count). The lowest BCUT2D eigenvalue weighted by Gasteiger charge is -2.38. The molecule has 1 aromatic carbocycles. The summed E-state index contributed by atoms with van der Waals surface area (Å²) in [6.07, 6.45) is 5.66. The molecule has 0 radical (unpaired) electrons. The van der Waals surface area contributed by atoms with E-state index in [1.165, 1.54) is 31.5 Å². The highest BCUT2D eigenvalue weighted by Crippen LogP contribution is 2.19. The van der Waals surface area contributed by atoms with E-state index >= 15 is 0 Å². The molecule has 0 N–H and O–H groups in total. The van der Waals surface area contributed by atoms with Crippen molar-refractivity contribution in [2.45, 2.75) is 86.6 Å². The molecule has 0 unspecified atom stereocenters. The Kier molecular flexibility index (Phi) is 14.9. The molecule has 0 atom stereocenters. The number of likely N-dealkylation sites (tertiary alicyclic amines) is 1. The largest absolute Gasteiger partial charge is 0.339 e. The molecule has 0 aliphatic carbocycles. The Morgan fingerprint density at radius 3 is 1.81 bits per heavy atom. The van der Waals surface area contributed by atoms with Gasteiger partial charge in [-0.2, -0.15) is 0 Å². The summed E-state index contributed by atoms with van der Waals surface area (Å²) in [7, 11) is 0. The van der Waals surface area contributed by atoms with Gasteiger partial charge in [0.25, 0.3) is 5.91 Å². The van der Waals surface area contributed by atoms with Crippen molar-refractivity contribution in [3.05, 3.63) is 35.4 Å². The fourth-order valence-electron chi connectivity index (χ4n) is 3.55. The molecule has 0 bridgehead atoms. The molecule has 27 heavy (non-hydrogen) atoms. The molecule has 0 aromatic heterocycles. The first-order chi connectivity index (χ1) is 13.2. The quantitative estimate of drug-likeness (QED) is 0.580. The van der Waals surface area contributed by atoms with Crippen LogP contribution in [0.4, 0.5) is 0 Å². The summed E-state index contributed by atoms with van der Waals surface area (Å²) in [5, 5.41) is 0. The number of amides is 1. The lowest BCUT2D eigenvalue weighted by atomic mass is 10.0. The van der Waals surface area contributed by atoms with Crippen LogP contribution in [0.5, 0.6) is 0 Å². The highest BCUT2D eigenvalue weighted by atomic mass is 16.2. The Morgan fingerprint density at radius 1 is 0.926 bits per heavy atom. The van der Waals surface area contributed by atoms with Crippen LogP contribution < -0.4 is 0 Å². The SMILES string of the molecule is CC.CC.CCCN(CCC)C1CCN(C(=O)c2ccc(CC)cc2)CC1. The maximum absolute atomic E-state index is 12.6. The van der Waals surface area contributed by atoms with Crippen LogP contribution in [0.25, 0.3) is 0 Å². The minimum absolute atomic E-state index is 0.198. The fourth-order valence-corrected chi connectivity index (χ4v) is 3.55. The highest BCUT2D eigenvalue weighted by molar-refractivity contribution is 5.94. The van der Waals surface area contributed by atoms with Gasteiger partial charge in [-0.3, -0.25) is 4.79 Å². The van der Waals surface area contributed by atoms with Gasteiger partial charge in [0.15, 0.2) is 0 Å². The zero-order chi connectivity index (χ0) is 20.7. The van der Waals surface area contributed by atoms with Crippen LogP contribution in [0.3, 0.4) is 0 Å². The van der Waals surface area contributed by atoms with Crippen LogP contribution in [0.15, 0.2) is 24.3 Å². The molecule has 1 amide bonds. The topological polar surface area (TPSA) is 23.6 Å². The van der Waals surface area contributed by atoms with Crippen LogP contribution >= 0.6 is 0 Å². The van der Waals surface area contributed by atoms with Crippen molar-refractivity contribution in [3.8, 4) is 0 Å². The van der Waals surface area contributed by atoms with Crippen molar-refractivity contribution in [2.75, 3.05) is 26.2 Å². The molecule has 3 heteroatoms. The molecular formula is C24H44N2O. The summed E-state index contributed by atoms with van der Waals surface area (Å²) in [6.45, 7) is 18.8. The Balaban J connectivity index is 0.00000158. The summed E-state index contributed by atoms with van der Waals surface area (Å²) in [6, 6.07) is 8.76. The number of hydrogen-bond donors (Lipinski definition) is 0. The van der Waals surface area contributed by atoms with Crippen LogP contribution in [-0.2, 0) is 6.42 Å². The number of carbonyl (C=O) groups excluding carboxylic acids is 1. The first-order valence-electron chi connectivity index (χ1n) is 11.3. The van der Waals surface area contributed by atoms with Crippen LogP contribution in [0.1, 0.15) is 90.1 Å². The van der Waals surface area contributed by atoms with Gasteiger partial charge in [0, 0.05) is 24.7 Å². The molecule has 0 saturated carbocycles. The predicted molar refractivity (Wildman–Crippen MR) is 120 cm³/mol. The lowest BCUT2D eigenvalue weighted by Crippen LogP contribution is -2.47. The molecule has 156 valence electrons. The van der Waals surface area contributed by atoms with Gasteiger partial charge >= 0.3 is 0 Å². The van der Waals surface area contributed by atoms with E-state index in [4.69, 9.17) is 0 Å². The number of rotatable bonds is 7. The molecular weight excluding hydrogens is 332 g/mol. The van der Waals surface area contributed by atoms with Gasteiger partial charge in [0.05, 0.1) is 0 Å². The molecule has 1 saturated heterocycles. The van der Waals surface area contributed by atoms with E-state index in [1.807, 2.05) is 44.7 Å². The van der Waals surface area contributed by atoms with E-state index in [2.05, 4.69) is 37.8 Å². The number of benzene rings is 1. The number of aryl methyl sites for hydroxylation is 1. The molecule has 1 heterocycles. The minimum atomic E-state index is 0.198. The first kappa shape index (κ1) is 25.6. The van der Waals surface area contributed by atoms with E-state index in [9.17, 15) is 4.79 Å². The summed E-state index contributed by atoms with van der Waals surface area (Å²) < 4.78 is 0. The molecule has 1 aliphatic heterocycles. The van der Waals surface area contributed by atoms with Gasteiger partial charge in [-0.25, -0.2) is 0 Å². The lowest BCUT2D eigenvalue weighted by molar-refractivity contribution is 0.0618. The summed E-state index contributed by atoms with van der Waals surface area (Å²) in [5.74, 6) is 0.198. The van der Waals surface area contributed by atoms with E-state index < -0.39 is 0 Å². The Hall–Kier alpha value is -1.35. The maximum Gasteiger partial charge on any atom is 0.253 e. The number of nitrogens with zero attached hydrogens (tertiary/aromatic N) is 2. The molecule has 3 nitrogen and oxygen atoms in total. The van der Waals surface area contributed by atoms with Crippen molar-refractivity contribution in [1.29, 1.82) is 0 Å².